The first-order chi connectivity index (χ1) is 8.33. The number of rotatable bonds is 2. The Kier molecular flexibility index (Phi) is 2.38. The van der Waals surface area contributed by atoms with Gasteiger partial charge in [-0.1, -0.05) is 18.2 Å². The third-order valence-corrected chi connectivity index (χ3v) is 2.49. The van der Waals surface area contributed by atoms with Crippen molar-refractivity contribution in [2.45, 2.75) is 0 Å². The molecule has 0 bridgehead atoms. The van der Waals surface area contributed by atoms with E-state index in [4.69, 9.17) is 11.6 Å². The van der Waals surface area contributed by atoms with E-state index in [0.29, 0.717) is 11.5 Å². The van der Waals surface area contributed by atoms with Crippen molar-refractivity contribution in [3.05, 3.63) is 41.8 Å². The Labute approximate surface area is 102 Å². The molecule has 3 rings (SSSR count). The number of nitrogens with one attached hydrogen (secondary N) is 2. The molecule has 2 N–H and O–H groups in total. The minimum Gasteiger partial charge on any atom is -0.339 e. The highest BCUT2D eigenvalue weighted by Crippen LogP contribution is 2.23. The molecule has 2 aromatic heterocycles. The number of hydrogen-bond donors (Lipinski definition) is 2. The third kappa shape index (κ3) is 1.92. The molecule has 17 heavy (non-hydrogen) atoms. The van der Waals surface area contributed by atoms with Crippen LogP contribution in [0.15, 0.2) is 36.5 Å². The van der Waals surface area contributed by atoms with Gasteiger partial charge in [0.1, 0.15) is 5.82 Å². The molecule has 0 aliphatic rings. The van der Waals surface area contributed by atoms with Crippen molar-refractivity contribution in [1.82, 2.24) is 20.2 Å². The van der Waals surface area contributed by atoms with E-state index in [1.54, 1.807) is 6.20 Å². The average molecular weight is 246 g/mol. The van der Waals surface area contributed by atoms with Crippen LogP contribution in [0.5, 0.6) is 0 Å². The molecule has 6 heteroatoms. The Bertz CT molecular complexity index is 649. The smallest absolute Gasteiger partial charge is 0.226 e. The highest BCUT2D eigenvalue weighted by molar-refractivity contribution is 6.28. The number of para-hydroxylation sites is 1. The summed E-state index contributed by atoms with van der Waals surface area (Å²) in [5, 5.41) is 10.8. The van der Waals surface area contributed by atoms with Crippen molar-refractivity contribution in [2.24, 2.45) is 0 Å². The molecule has 0 radical (unpaired) electrons. The third-order valence-electron chi connectivity index (χ3n) is 2.32. The lowest BCUT2D eigenvalue weighted by molar-refractivity contribution is 1.09. The van der Waals surface area contributed by atoms with Crippen LogP contribution < -0.4 is 5.32 Å². The van der Waals surface area contributed by atoms with Gasteiger partial charge in [-0.2, -0.15) is 15.1 Å². The Morgan fingerprint density at radius 3 is 2.76 bits per heavy atom. The number of hydrogen-bond acceptors (Lipinski definition) is 4. The van der Waals surface area contributed by atoms with Gasteiger partial charge in [-0.25, -0.2) is 0 Å². The van der Waals surface area contributed by atoms with Gasteiger partial charge < -0.3 is 5.32 Å². The molecule has 1 aromatic carbocycles. The predicted octanol–water partition coefficient (Wildman–Crippen LogP) is 2.75. The number of halogens is 1. The van der Waals surface area contributed by atoms with Gasteiger partial charge in [0.05, 0.1) is 11.6 Å². The van der Waals surface area contributed by atoms with E-state index in [1.807, 2.05) is 30.3 Å². The average Bonchev–Trinajstić information content (AvgIpc) is 2.78. The standard InChI is InChI=1S/C11H8ClN5/c12-11-15-9(8-6-13-17-10(8)16-11)14-7-4-2-1-3-5-7/h1-6H,(H2,13,14,15,16,17). The van der Waals surface area contributed by atoms with Gasteiger partial charge in [0, 0.05) is 5.69 Å². The van der Waals surface area contributed by atoms with Gasteiger partial charge in [0.2, 0.25) is 5.28 Å². The van der Waals surface area contributed by atoms with Crippen molar-refractivity contribution < 1.29 is 0 Å². The topological polar surface area (TPSA) is 66.5 Å². The van der Waals surface area contributed by atoms with Gasteiger partial charge in [0.25, 0.3) is 0 Å². The molecule has 0 saturated carbocycles. The van der Waals surface area contributed by atoms with E-state index in [1.165, 1.54) is 0 Å². The first kappa shape index (κ1) is 10.0. The lowest BCUT2D eigenvalue weighted by Gasteiger charge is -2.05. The second kappa shape index (κ2) is 4.03. The summed E-state index contributed by atoms with van der Waals surface area (Å²) < 4.78 is 0. The molecule has 0 amide bonds. The highest BCUT2D eigenvalue weighted by Gasteiger charge is 2.08. The van der Waals surface area contributed by atoms with Crippen LogP contribution in [0.4, 0.5) is 11.5 Å². The Morgan fingerprint density at radius 2 is 1.94 bits per heavy atom. The largest absolute Gasteiger partial charge is 0.339 e. The van der Waals surface area contributed by atoms with E-state index < -0.39 is 0 Å². The van der Waals surface area contributed by atoms with Crippen LogP contribution in [0.1, 0.15) is 0 Å². The van der Waals surface area contributed by atoms with E-state index in [2.05, 4.69) is 25.5 Å². The minimum atomic E-state index is 0.181. The molecule has 84 valence electrons. The number of anilines is 2. The molecule has 5 nitrogen and oxygen atoms in total. The van der Waals surface area contributed by atoms with Crippen molar-refractivity contribution >= 4 is 34.1 Å². The molecule has 0 saturated heterocycles. The van der Waals surface area contributed by atoms with Crippen molar-refractivity contribution in [1.29, 1.82) is 0 Å². The van der Waals surface area contributed by atoms with E-state index in [0.717, 1.165) is 11.1 Å². The van der Waals surface area contributed by atoms with Crippen LogP contribution in [-0.2, 0) is 0 Å². The second-order valence-electron chi connectivity index (χ2n) is 3.46. The summed E-state index contributed by atoms with van der Waals surface area (Å²) in [6.07, 6.45) is 1.66. The number of fused-ring (bicyclic) bond motifs is 1. The number of nitrogens with zero attached hydrogens (tertiary/aromatic N) is 3. The number of aromatic nitrogens is 4. The minimum absolute atomic E-state index is 0.181. The summed E-state index contributed by atoms with van der Waals surface area (Å²) in [6.45, 7) is 0. The van der Waals surface area contributed by atoms with Gasteiger partial charge in [0.15, 0.2) is 5.65 Å². The van der Waals surface area contributed by atoms with Crippen LogP contribution in [0.25, 0.3) is 11.0 Å². The zero-order chi connectivity index (χ0) is 11.7. The fourth-order valence-corrected chi connectivity index (χ4v) is 1.73. The molecule has 0 aliphatic heterocycles. The van der Waals surface area contributed by atoms with Gasteiger partial charge in [-0.15, -0.1) is 0 Å². The zero-order valence-electron chi connectivity index (χ0n) is 8.68. The Morgan fingerprint density at radius 1 is 1.12 bits per heavy atom. The number of benzene rings is 1. The van der Waals surface area contributed by atoms with Crippen LogP contribution in [0.3, 0.4) is 0 Å². The van der Waals surface area contributed by atoms with Crippen molar-refractivity contribution in [3.63, 3.8) is 0 Å². The Balaban J connectivity index is 2.08. The molecule has 0 unspecified atom stereocenters. The zero-order valence-corrected chi connectivity index (χ0v) is 9.44. The summed E-state index contributed by atoms with van der Waals surface area (Å²) in [5.74, 6) is 0.639. The lowest BCUT2D eigenvalue weighted by Crippen LogP contribution is -1.96. The van der Waals surface area contributed by atoms with E-state index >= 15 is 0 Å². The lowest BCUT2D eigenvalue weighted by atomic mass is 10.3. The monoisotopic (exact) mass is 245 g/mol. The van der Waals surface area contributed by atoms with E-state index in [9.17, 15) is 0 Å². The molecule has 0 spiro atoms. The molecule has 2 heterocycles. The summed E-state index contributed by atoms with van der Waals surface area (Å²) in [7, 11) is 0. The fraction of sp³-hybridized carbons (Fsp3) is 0. The Hall–Kier alpha value is -2.14. The maximum Gasteiger partial charge on any atom is 0.226 e. The molecule has 0 fully saturated rings. The summed E-state index contributed by atoms with van der Waals surface area (Å²) in [6, 6.07) is 9.73. The van der Waals surface area contributed by atoms with Gasteiger partial charge in [-0.05, 0) is 23.7 Å². The molecule has 0 atom stereocenters. The maximum absolute atomic E-state index is 5.84. The quantitative estimate of drug-likeness (QED) is 0.682. The van der Waals surface area contributed by atoms with Crippen molar-refractivity contribution in [2.75, 3.05) is 5.32 Å². The van der Waals surface area contributed by atoms with E-state index in [-0.39, 0.29) is 5.28 Å². The summed E-state index contributed by atoms with van der Waals surface area (Å²) in [5.41, 5.74) is 1.55. The second-order valence-corrected chi connectivity index (χ2v) is 3.80. The summed E-state index contributed by atoms with van der Waals surface area (Å²) in [4.78, 5) is 8.19. The maximum atomic E-state index is 5.84. The SMILES string of the molecule is Clc1nc(Nc2ccccc2)c2cn[nH]c2n1. The van der Waals surface area contributed by atoms with Crippen LogP contribution in [0, 0.1) is 0 Å². The van der Waals surface area contributed by atoms with Gasteiger partial charge in [-0.3, -0.25) is 5.10 Å². The van der Waals surface area contributed by atoms with Crippen LogP contribution in [0.2, 0.25) is 5.28 Å². The van der Waals surface area contributed by atoms with Crippen LogP contribution >= 0.6 is 11.6 Å². The van der Waals surface area contributed by atoms with Crippen LogP contribution in [-0.4, -0.2) is 20.2 Å². The first-order valence-corrected chi connectivity index (χ1v) is 5.39. The molecule has 0 aliphatic carbocycles. The molecular weight excluding hydrogens is 238 g/mol. The number of H-pyrrole nitrogens is 1. The highest BCUT2D eigenvalue weighted by atomic mass is 35.5. The summed E-state index contributed by atoms with van der Waals surface area (Å²) >= 11 is 5.84. The normalized spacial score (nSPS) is 10.6. The fourth-order valence-electron chi connectivity index (χ4n) is 1.56. The number of aromatic amines is 1. The molecule has 3 aromatic rings. The first-order valence-electron chi connectivity index (χ1n) is 5.01. The van der Waals surface area contributed by atoms with Crippen molar-refractivity contribution in [3.8, 4) is 0 Å². The molecular formula is C11H8ClN5. The predicted molar refractivity (Wildman–Crippen MR) is 66.4 cm³/mol. The van der Waals surface area contributed by atoms with Gasteiger partial charge >= 0.3 is 0 Å².